The molecule has 0 aliphatic heterocycles. The fourth-order valence-electron chi connectivity index (χ4n) is 4.72. The molecule has 4 rings (SSSR count). The summed E-state index contributed by atoms with van der Waals surface area (Å²) in [6.07, 6.45) is 8.37. The van der Waals surface area contributed by atoms with Gasteiger partial charge in [-0.2, -0.15) is 5.10 Å². The molecule has 0 radical (unpaired) electrons. The van der Waals surface area contributed by atoms with Gasteiger partial charge >= 0.3 is 0 Å². The summed E-state index contributed by atoms with van der Waals surface area (Å²) in [6.45, 7) is 13.1. The van der Waals surface area contributed by atoms with Crippen molar-refractivity contribution in [2.24, 2.45) is 21.8 Å². The maximum Gasteiger partial charge on any atom is 0.153 e. The summed E-state index contributed by atoms with van der Waals surface area (Å²) >= 11 is 1.52. The molecule has 2 aliphatic carbocycles. The normalized spacial score (nSPS) is 17.0. The predicted octanol–water partition coefficient (Wildman–Crippen LogP) is 7.44. The largest absolute Gasteiger partial charge is 0.379 e. The number of rotatable bonds is 13. The highest BCUT2D eigenvalue weighted by Gasteiger charge is 2.33. The molecule has 2 fully saturated rings. The van der Waals surface area contributed by atoms with E-state index in [1.54, 1.807) is 18.1 Å². The fourth-order valence-corrected chi connectivity index (χ4v) is 5.83. The summed E-state index contributed by atoms with van der Waals surface area (Å²) in [5.41, 5.74) is 5.16. The number of aromatic amines is 1. The van der Waals surface area contributed by atoms with Crippen LogP contribution in [0.3, 0.4) is 0 Å². The number of hydrogen-bond acceptors (Lipinski definition) is 6. The molecule has 0 saturated heterocycles. The minimum Gasteiger partial charge on any atom is -0.379 e. The lowest BCUT2D eigenvalue weighted by Crippen LogP contribution is -2.26. The molecule has 2 N–H and O–H groups in total. The van der Waals surface area contributed by atoms with Gasteiger partial charge in [-0.05, 0) is 80.6 Å². The molecule has 10 heteroatoms. The summed E-state index contributed by atoms with van der Waals surface area (Å²) < 4.78 is 20.6. The minimum absolute atomic E-state index is 0.228. The monoisotopic (exact) mass is 610 g/mol. The van der Waals surface area contributed by atoms with E-state index in [0.717, 1.165) is 51.3 Å². The maximum absolute atomic E-state index is 15.2. The Bertz CT molecular complexity index is 1430. The first-order chi connectivity index (χ1) is 20.1. The van der Waals surface area contributed by atoms with Gasteiger partial charge < -0.3 is 15.0 Å². The first kappa shape index (κ1) is 32.2. The summed E-state index contributed by atoms with van der Waals surface area (Å²) in [6, 6.07) is 5.48. The van der Waals surface area contributed by atoms with Crippen molar-refractivity contribution in [3.8, 4) is 0 Å². The molecular weight excluding hydrogens is 566 g/mol. The number of H-pyrrole nitrogens is 1. The number of nitrogens with one attached hydrogen (secondary N) is 2. The van der Waals surface area contributed by atoms with Crippen LogP contribution in [-0.2, 0) is 4.74 Å². The van der Waals surface area contributed by atoms with E-state index in [0.29, 0.717) is 35.7 Å². The lowest BCUT2D eigenvalue weighted by Gasteiger charge is -2.23. The van der Waals surface area contributed by atoms with Gasteiger partial charge in [0.15, 0.2) is 5.82 Å². The summed E-state index contributed by atoms with van der Waals surface area (Å²) in [4.78, 5) is 12.8. The number of aromatic nitrogens is 2. The van der Waals surface area contributed by atoms with E-state index in [9.17, 15) is 0 Å². The number of anilines is 2. The topological polar surface area (TPSA) is 77.9 Å². The van der Waals surface area contributed by atoms with Crippen molar-refractivity contribution in [1.82, 2.24) is 10.2 Å². The van der Waals surface area contributed by atoms with Crippen LogP contribution in [0, 0.1) is 17.7 Å². The molecule has 226 valence electrons. The third kappa shape index (κ3) is 7.80. The van der Waals surface area contributed by atoms with Gasteiger partial charge in [0.05, 0.1) is 18.0 Å². The molecule has 1 aromatic heterocycles. The van der Waals surface area contributed by atoms with E-state index in [-0.39, 0.29) is 17.7 Å². The number of methoxy groups -OCH3 is 1. The van der Waals surface area contributed by atoms with Crippen molar-refractivity contribution >= 4 is 49.4 Å². The number of thioether (sulfide) groups is 1. The zero-order valence-electron chi connectivity index (χ0n) is 25.8. The molecular formula is C32H44FN6OPS. The van der Waals surface area contributed by atoms with Gasteiger partial charge in [-0.25, -0.2) is 9.38 Å². The Morgan fingerprint density at radius 3 is 2.57 bits per heavy atom. The van der Waals surface area contributed by atoms with Crippen LogP contribution >= 0.6 is 21.0 Å². The van der Waals surface area contributed by atoms with Crippen LogP contribution in [0.5, 0.6) is 0 Å². The third-order valence-corrected chi connectivity index (χ3v) is 9.13. The molecule has 1 atom stereocenters. The van der Waals surface area contributed by atoms with E-state index in [1.165, 1.54) is 24.6 Å². The second kappa shape index (κ2) is 14.2. The number of hydrogen-bond donors (Lipinski definition) is 2. The zero-order valence-corrected chi connectivity index (χ0v) is 27.8. The molecule has 2 aliphatic rings. The molecule has 1 unspecified atom stereocenters. The van der Waals surface area contributed by atoms with E-state index in [1.807, 2.05) is 39.3 Å². The van der Waals surface area contributed by atoms with Crippen LogP contribution < -0.4 is 15.5 Å². The van der Waals surface area contributed by atoms with Crippen molar-refractivity contribution in [1.29, 1.82) is 0 Å². The highest BCUT2D eigenvalue weighted by Crippen LogP contribution is 2.44. The number of benzene rings is 1. The van der Waals surface area contributed by atoms with Gasteiger partial charge in [-0.15, -0.1) is 21.0 Å². The van der Waals surface area contributed by atoms with E-state index < -0.39 is 0 Å². The van der Waals surface area contributed by atoms with Gasteiger partial charge in [0.1, 0.15) is 17.5 Å². The maximum atomic E-state index is 15.2. The lowest BCUT2D eigenvalue weighted by molar-refractivity contribution is 0.242. The number of allylic oxidation sites excluding steroid dienone is 2. The third-order valence-electron chi connectivity index (χ3n) is 7.65. The van der Waals surface area contributed by atoms with Gasteiger partial charge in [-0.3, -0.25) is 10.1 Å². The Hall–Kier alpha value is -2.74. The van der Waals surface area contributed by atoms with Crippen molar-refractivity contribution in [3.63, 3.8) is 0 Å². The first-order valence-electron chi connectivity index (χ1n) is 14.5. The Balaban J connectivity index is 1.80. The molecule has 2 saturated carbocycles. The quantitative estimate of drug-likeness (QED) is 0.0811. The molecule has 2 aromatic rings. The highest BCUT2D eigenvalue weighted by molar-refractivity contribution is 7.99. The van der Waals surface area contributed by atoms with E-state index >= 15 is 4.39 Å². The van der Waals surface area contributed by atoms with Gasteiger partial charge in [0.25, 0.3) is 0 Å². The summed E-state index contributed by atoms with van der Waals surface area (Å²) in [7, 11) is 6.23. The highest BCUT2D eigenvalue weighted by atomic mass is 32.2. The van der Waals surface area contributed by atoms with E-state index in [2.05, 4.69) is 51.2 Å². The molecule has 0 amide bonds. The number of ether oxygens (including phenoxy) is 1. The van der Waals surface area contributed by atoms with Crippen molar-refractivity contribution in [3.05, 3.63) is 65.0 Å². The van der Waals surface area contributed by atoms with Crippen LogP contribution in [0.4, 0.5) is 15.9 Å². The average molecular weight is 611 g/mol. The van der Waals surface area contributed by atoms with Crippen molar-refractivity contribution < 1.29 is 9.13 Å². The zero-order chi connectivity index (χ0) is 30.6. The Morgan fingerprint density at radius 1 is 1.29 bits per heavy atom. The number of nitrogens with zero attached hydrogens (tertiary/aromatic N) is 4. The molecule has 7 nitrogen and oxygen atoms in total. The van der Waals surface area contributed by atoms with Crippen LogP contribution in [0.15, 0.2) is 68.4 Å². The van der Waals surface area contributed by atoms with E-state index in [4.69, 9.17) is 14.7 Å². The number of halogens is 1. The van der Waals surface area contributed by atoms with Crippen LogP contribution in [0.25, 0.3) is 0 Å². The van der Waals surface area contributed by atoms with Crippen molar-refractivity contribution in [2.75, 3.05) is 37.2 Å². The Labute approximate surface area is 256 Å². The first-order valence-corrected chi connectivity index (χ1v) is 16.3. The molecule has 1 heterocycles. The Kier molecular flexibility index (Phi) is 10.8. The van der Waals surface area contributed by atoms with Crippen LogP contribution in [0.2, 0.25) is 0 Å². The van der Waals surface area contributed by atoms with Crippen LogP contribution in [-0.4, -0.2) is 48.8 Å². The minimum atomic E-state index is -0.292. The molecule has 42 heavy (non-hydrogen) atoms. The molecule has 0 bridgehead atoms. The predicted molar refractivity (Wildman–Crippen MR) is 180 cm³/mol. The molecule has 1 aromatic carbocycles. The Morgan fingerprint density at radius 2 is 2.00 bits per heavy atom. The smallest absolute Gasteiger partial charge is 0.153 e. The number of aliphatic imine (C=N–C) groups is 2. The van der Waals surface area contributed by atoms with Gasteiger partial charge in [0.2, 0.25) is 0 Å². The fraction of sp³-hybridized carbons (Fsp3) is 0.469. The molecule has 0 spiro atoms. The second-order valence-corrected chi connectivity index (χ2v) is 12.7. The number of amidine groups is 1. The van der Waals surface area contributed by atoms with Crippen molar-refractivity contribution in [2.45, 2.75) is 64.2 Å². The SMILES string of the molecule is C=C(/C(=C/C)N=C(COC)C(C)C)/C(=C(\N=C(/C)N(C)c1cc(P)c(SC)cc1F)Nc1cc(C2CC2)[nH]n1)C1CC1. The second-order valence-electron chi connectivity index (χ2n) is 11.3. The lowest BCUT2D eigenvalue weighted by atomic mass is 9.99. The average Bonchev–Trinajstić information content (AvgIpc) is 3.90. The standard InChI is InChI=1S/C32H44FN6OPS/c1-9-24(35-26(17-40-7)18(2)3)19(4)31(22-12-13-22)32(36-30-15-25(37-38-30)21-10-11-21)34-20(5)39(6)27-16-28(41)29(42-8)14-23(27)33/h9,14-16,18,21-22H,4,10-13,17,41H2,1-3,5-8H3,(H2,36,37,38)/b24-9-,32-31-,34-20+,35-26?. The van der Waals surface area contributed by atoms with Gasteiger partial charge in [-0.1, -0.05) is 26.5 Å². The summed E-state index contributed by atoms with van der Waals surface area (Å²) in [5.74, 6) is 2.75. The van der Waals surface area contributed by atoms with Gasteiger partial charge in [0, 0.05) is 48.0 Å². The summed E-state index contributed by atoms with van der Waals surface area (Å²) in [5, 5.41) is 12.2. The van der Waals surface area contributed by atoms with Crippen LogP contribution in [0.1, 0.15) is 65.0 Å².